The van der Waals surface area contributed by atoms with E-state index in [1.165, 1.54) is 0 Å². The van der Waals surface area contributed by atoms with Crippen LogP contribution < -0.4 is 4.74 Å². The van der Waals surface area contributed by atoms with Crippen molar-refractivity contribution in [3.8, 4) is 5.75 Å². The minimum absolute atomic E-state index is 0.0621. The van der Waals surface area contributed by atoms with Gasteiger partial charge in [-0.05, 0) is 44.0 Å². The molecule has 0 aromatic heterocycles. The summed E-state index contributed by atoms with van der Waals surface area (Å²) in [6.45, 7) is 2.48. The fourth-order valence-corrected chi connectivity index (χ4v) is 2.67. The second-order valence-electron chi connectivity index (χ2n) is 4.80. The zero-order valence-corrected chi connectivity index (χ0v) is 11.0. The van der Waals surface area contributed by atoms with Crippen LogP contribution in [0.5, 0.6) is 5.75 Å². The van der Waals surface area contributed by atoms with Crippen molar-refractivity contribution in [1.29, 1.82) is 0 Å². The van der Waals surface area contributed by atoms with Gasteiger partial charge in [-0.25, -0.2) is 0 Å². The van der Waals surface area contributed by atoms with E-state index in [1.807, 2.05) is 6.92 Å². The Morgan fingerprint density at radius 2 is 1.84 bits per heavy atom. The number of hydrogen-bond acceptors (Lipinski definition) is 3. The van der Waals surface area contributed by atoms with Crippen molar-refractivity contribution in [2.24, 2.45) is 11.8 Å². The minimum atomic E-state index is -0.859. The first-order chi connectivity index (χ1) is 9.13. The van der Waals surface area contributed by atoms with Crippen molar-refractivity contribution >= 4 is 11.8 Å². The van der Waals surface area contributed by atoms with Crippen LogP contribution in [0.2, 0.25) is 0 Å². The molecule has 2 unspecified atom stereocenters. The number of carboxylic acid groups (broad SMARTS) is 1. The molecule has 4 nitrogen and oxygen atoms in total. The maximum absolute atomic E-state index is 12.3. The predicted molar refractivity (Wildman–Crippen MR) is 70.4 cm³/mol. The van der Waals surface area contributed by atoms with Crippen LogP contribution in [0.4, 0.5) is 0 Å². The molecule has 1 saturated carbocycles. The standard InChI is InChI=1S/C15H18O4/c1-2-19-11-8-6-10(7-9-11)14(16)12-4-3-5-13(12)15(17)18/h6-9,12-13H,2-5H2,1H3,(H,17,18). The maximum atomic E-state index is 12.3. The number of ketones is 1. The number of hydrogen-bond donors (Lipinski definition) is 1. The van der Waals surface area contributed by atoms with E-state index in [1.54, 1.807) is 24.3 Å². The summed E-state index contributed by atoms with van der Waals surface area (Å²) in [7, 11) is 0. The van der Waals surface area contributed by atoms with E-state index < -0.39 is 11.9 Å². The summed E-state index contributed by atoms with van der Waals surface area (Å²) in [4.78, 5) is 23.4. The summed E-state index contributed by atoms with van der Waals surface area (Å²) in [6.07, 6.45) is 2.08. The zero-order valence-electron chi connectivity index (χ0n) is 11.0. The molecule has 0 aliphatic heterocycles. The van der Waals surface area contributed by atoms with Crippen LogP contribution in [0.25, 0.3) is 0 Å². The molecule has 0 heterocycles. The monoisotopic (exact) mass is 262 g/mol. The van der Waals surface area contributed by atoms with Gasteiger partial charge in [0.25, 0.3) is 0 Å². The number of aliphatic carboxylic acids is 1. The lowest BCUT2D eigenvalue weighted by molar-refractivity contribution is -0.142. The van der Waals surface area contributed by atoms with E-state index in [0.29, 0.717) is 25.0 Å². The van der Waals surface area contributed by atoms with E-state index in [2.05, 4.69) is 0 Å². The number of carbonyl (C=O) groups is 2. The van der Waals surface area contributed by atoms with E-state index in [4.69, 9.17) is 9.84 Å². The Balaban J connectivity index is 2.12. The highest BCUT2D eigenvalue weighted by atomic mass is 16.5. The highest BCUT2D eigenvalue weighted by molar-refractivity contribution is 6.00. The molecule has 0 amide bonds. The summed E-state index contributed by atoms with van der Waals surface area (Å²) in [6, 6.07) is 6.93. The largest absolute Gasteiger partial charge is 0.494 e. The van der Waals surface area contributed by atoms with E-state index in [0.717, 1.165) is 12.2 Å². The topological polar surface area (TPSA) is 63.6 Å². The quantitative estimate of drug-likeness (QED) is 0.829. The lowest BCUT2D eigenvalue weighted by Gasteiger charge is -2.14. The molecular weight excluding hydrogens is 244 g/mol. The summed E-state index contributed by atoms with van der Waals surface area (Å²) >= 11 is 0. The first kappa shape index (κ1) is 13.6. The Bertz CT molecular complexity index is 464. The van der Waals surface area contributed by atoms with E-state index >= 15 is 0 Å². The van der Waals surface area contributed by atoms with Gasteiger partial charge in [0.05, 0.1) is 12.5 Å². The first-order valence-electron chi connectivity index (χ1n) is 6.63. The molecule has 0 saturated heterocycles. The predicted octanol–water partition coefficient (Wildman–Crippen LogP) is 2.77. The van der Waals surface area contributed by atoms with Crippen LogP contribution in [0.15, 0.2) is 24.3 Å². The second kappa shape index (κ2) is 5.87. The number of Topliss-reactive ketones (excluding diaryl/α,β-unsaturated/α-hetero) is 1. The molecule has 102 valence electrons. The smallest absolute Gasteiger partial charge is 0.307 e. The lowest BCUT2D eigenvalue weighted by atomic mass is 9.88. The third-order valence-electron chi connectivity index (χ3n) is 3.62. The molecule has 1 fully saturated rings. The van der Waals surface area contributed by atoms with Crippen LogP contribution in [-0.4, -0.2) is 23.5 Å². The molecule has 1 aliphatic rings. The molecule has 1 aromatic rings. The highest BCUT2D eigenvalue weighted by Gasteiger charge is 2.37. The lowest BCUT2D eigenvalue weighted by Crippen LogP contribution is -2.25. The van der Waals surface area contributed by atoms with Crippen LogP contribution in [0.3, 0.4) is 0 Å². The van der Waals surface area contributed by atoms with Crippen LogP contribution in [-0.2, 0) is 4.79 Å². The van der Waals surface area contributed by atoms with Crippen molar-refractivity contribution < 1.29 is 19.4 Å². The van der Waals surface area contributed by atoms with Gasteiger partial charge in [-0.1, -0.05) is 6.42 Å². The number of benzene rings is 1. The molecule has 0 radical (unpaired) electrons. The fraction of sp³-hybridized carbons (Fsp3) is 0.467. The van der Waals surface area contributed by atoms with Gasteiger partial charge in [0.2, 0.25) is 0 Å². The SMILES string of the molecule is CCOc1ccc(C(=O)C2CCCC2C(=O)O)cc1. The summed E-state index contributed by atoms with van der Waals surface area (Å²) in [5, 5.41) is 9.12. The molecule has 1 aliphatic carbocycles. The van der Waals surface area contributed by atoms with Gasteiger partial charge in [0, 0.05) is 11.5 Å². The van der Waals surface area contributed by atoms with Gasteiger partial charge in [-0.3, -0.25) is 9.59 Å². The van der Waals surface area contributed by atoms with Gasteiger partial charge < -0.3 is 9.84 Å². The number of rotatable bonds is 5. The van der Waals surface area contributed by atoms with Crippen LogP contribution in [0.1, 0.15) is 36.5 Å². The average Bonchev–Trinajstić information content (AvgIpc) is 2.88. The first-order valence-corrected chi connectivity index (χ1v) is 6.63. The zero-order chi connectivity index (χ0) is 13.8. The molecule has 1 aromatic carbocycles. The molecule has 0 bridgehead atoms. The van der Waals surface area contributed by atoms with Gasteiger partial charge in [-0.15, -0.1) is 0 Å². The maximum Gasteiger partial charge on any atom is 0.307 e. The van der Waals surface area contributed by atoms with E-state index in [-0.39, 0.29) is 11.7 Å². The number of carboxylic acids is 1. The fourth-order valence-electron chi connectivity index (χ4n) is 2.67. The van der Waals surface area contributed by atoms with Crippen LogP contribution in [0, 0.1) is 11.8 Å². The Labute approximate surface area is 112 Å². The van der Waals surface area contributed by atoms with Crippen LogP contribution >= 0.6 is 0 Å². The molecular formula is C15H18O4. The average molecular weight is 262 g/mol. The number of carbonyl (C=O) groups excluding carboxylic acids is 1. The van der Waals surface area contributed by atoms with Gasteiger partial charge in [-0.2, -0.15) is 0 Å². The van der Waals surface area contributed by atoms with Gasteiger partial charge >= 0.3 is 5.97 Å². The molecule has 4 heteroatoms. The van der Waals surface area contributed by atoms with Crippen molar-refractivity contribution in [3.63, 3.8) is 0 Å². The third kappa shape index (κ3) is 2.95. The van der Waals surface area contributed by atoms with Crippen molar-refractivity contribution in [2.75, 3.05) is 6.61 Å². The minimum Gasteiger partial charge on any atom is -0.494 e. The van der Waals surface area contributed by atoms with Gasteiger partial charge in [0.15, 0.2) is 5.78 Å². The molecule has 19 heavy (non-hydrogen) atoms. The normalized spacial score (nSPS) is 22.2. The Morgan fingerprint density at radius 3 is 2.42 bits per heavy atom. The molecule has 2 atom stereocenters. The third-order valence-corrected chi connectivity index (χ3v) is 3.62. The Hall–Kier alpha value is -1.84. The molecule has 2 rings (SSSR count). The van der Waals surface area contributed by atoms with Crippen molar-refractivity contribution in [2.45, 2.75) is 26.2 Å². The highest BCUT2D eigenvalue weighted by Crippen LogP contribution is 2.34. The Kier molecular flexibility index (Phi) is 4.20. The molecule has 1 N–H and O–H groups in total. The second-order valence-corrected chi connectivity index (χ2v) is 4.80. The summed E-state index contributed by atoms with van der Waals surface area (Å²) < 4.78 is 5.32. The van der Waals surface area contributed by atoms with Crippen molar-refractivity contribution in [3.05, 3.63) is 29.8 Å². The van der Waals surface area contributed by atoms with Gasteiger partial charge in [0.1, 0.15) is 5.75 Å². The summed E-state index contributed by atoms with van der Waals surface area (Å²) in [5.41, 5.74) is 0.571. The Morgan fingerprint density at radius 1 is 1.21 bits per heavy atom. The summed E-state index contributed by atoms with van der Waals surface area (Å²) in [5.74, 6) is -1.11. The van der Waals surface area contributed by atoms with Crippen molar-refractivity contribution in [1.82, 2.24) is 0 Å². The van der Waals surface area contributed by atoms with E-state index in [9.17, 15) is 9.59 Å². The number of ether oxygens (including phenoxy) is 1. The molecule has 0 spiro atoms.